The van der Waals surface area contributed by atoms with E-state index >= 15 is 0 Å². The summed E-state index contributed by atoms with van der Waals surface area (Å²) in [6.07, 6.45) is -3.17. The van der Waals surface area contributed by atoms with E-state index in [2.05, 4.69) is 20.4 Å². The van der Waals surface area contributed by atoms with Crippen LogP contribution in [0.3, 0.4) is 0 Å². The SMILES string of the molecule is COC(=O)CC(CNc1ccc(F)c(S(C)(=O)=O)c1)Nc1ccc(C(F)(F)F)cn1. The second kappa shape index (κ2) is 9.28. The van der Waals surface area contributed by atoms with E-state index in [9.17, 15) is 30.8 Å². The highest BCUT2D eigenvalue weighted by Crippen LogP contribution is 2.29. The minimum absolute atomic E-state index is 0.0344. The zero-order valence-electron chi connectivity index (χ0n) is 16.0. The van der Waals surface area contributed by atoms with Gasteiger partial charge in [0, 0.05) is 24.7 Å². The van der Waals surface area contributed by atoms with E-state index in [0.717, 1.165) is 30.5 Å². The number of sulfone groups is 1. The number of carbonyl (C=O) groups is 1. The van der Waals surface area contributed by atoms with Crippen molar-refractivity contribution in [1.29, 1.82) is 0 Å². The predicted octanol–water partition coefficient (Wildman–Crippen LogP) is 3.10. The van der Waals surface area contributed by atoms with Gasteiger partial charge in [0.05, 0.1) is 25.1 Å². The number of esters is 1. The van der Waals surface area contributed by atoms with Crippen LogP contribution in [0.4, 0.5) is 29.1 Å². The molecule has 7 nitrogen and oxygen atoms in total. The minimum Gasteiger partial charge on any atom is -0.469 e. The topological polar surface area (TPSA) is 97.4 Å². The molecule has 12 heteroatoms. The van der Waals surface area contributed by atoms with Gasteiger partial charge in [-0.1, -0.05) is 0 Å². The summed E-state index contributed by atoms with van der Waals surface area (Å²) < 4.78 is 79.6. The van der Waals surface area contributed by atoms with Crippen LogP contribution in [0.2, 0.25) is 0 Å². The molecule has 0 saturated heterocycles. The molecule has 0 saturated carbocycles. The zero-order valence-corrected chi connectivity index (χ0v) is 16.8. The van der Waals surface area contributed by atoms with Crippen LogP contribution in [0.15, 0.2) is 41.4 Å². The second-order valence-electron chi connectivity index (χ2n) is 6.35. The molecule has 2 N–H and O–H groups in total. The summed E-state index contributed by atoms with van der Waals surface area (Å²) in [5.74, 6) is -1.40. The number of nitrogens with one attached hydrogen (secondary N) is 2. The van der Waals surface area contributed by atoms with Crippen LogP contribution in [-0.4, -0.2) is 45.3 Å². The Labute approximate surface area is 170 Å². The predicted molar refractivity (Wildman–Crippen MR) is 101 cm³/mol. The smallest absolute Gasteiger partial charge is 0.417 e. The van der Waals surface area contributed by atoms with E-state index < -0.39 is 44.3 Å². The number of methoxy groups -OCH3 is 1. The monoisotopic (exact) mass is 449 g/mol. The van der Waals surface area contributed by atoms with Crippen molar-refractivity contribution in [3.05, 3.63) is 47.9 Å². The quantitative estimate of drug-likeness (QED) is 0.472. The highest BCUT2D eigenvalue weighted by Gasteiger charge is 2.30. The highest BCUT2D eigenvalue weighted by atomic mass is 32.2. The number of nitrogens with zero attached hydrogens (tertiary/aromatic N) is 1. The average molecular weight is 449 g/mol. The number of hydrogen-bond donors (Lipinski definition) is 2. The molecule has 1 unspecified atom stereocenters. The maximum absolute atomic E-state index is 13.7. The summed E-state index contributed by atoms with van der Waals surface area (Å²) in [7, 11) is -2.61. The van der Waals surface area contributed by atoms with Crippen molar-refractivity contribution in [2.24, 2.45) is 0 Å². The van der Waals surface area contributed by atoms with Gasteiger partial charge in [-0.25, -0.2) is 17.8 Å². The Bertz CT molecular complexity index is 995. The number of hydrogen-bond acceptors (Lipinski definition) is 7. The van der Waals surface area contributed by atoms with Crippen molar-refractivity contribution < 1.29 is 35.5 Å². The second-order valence-corrected chi connectivity index (χ2v) is 8.33. The van der Waals surface area contributed by atoms with Gasteiger partial charge in [-0.3, -0.25) is 4.79 Å². The van der Waals surface area contributed by atoms with Gasteiger partial charge in [-0.05, 0) is 30.3 Å². The van der Waals surface area contributed by atoms with E-state index in [1.807, 2.05) is 0 Å². The molecule has 1 heterocycles. The summed E-state index contributed by atoms with van der Waals surface area (Å²) in [5.41, 5.74) is -0.649. The summed E-state index contributed by atoms with van der Waals surface area (Å²) in [6, 6.07) is 4.70. The first-order chi connectivity index (χ1) is 13.9. The Morgan fingerprint density at radius 3 is 2.47 bits per heavy atom. The number of alkyl halides is 3. The molecule has 0 amide bonds. The zero-order chi connectivity index (χ0) is 22.5. The maximum atomic E-state index is 13.7. The molecule has 0 bridgehead atoms. The summed E-state index contributed by atoms with van der Waals surface area (Å²) in [5, 5.41) is 5.68. The average Bonchev–Trinajstić information content (AvgIpc) is 2.65. The molecular weight excluding hydrogens is 430 g/mol. The third-order valence-electron chi connectivity index (χ3n) is 3.97. The first kappa shape index (κ1) is 23.4. The Morgan fingerprint density at radius 1 is 1.23 bits per heavy atom. The van der Waals surface area contributed by atoms with Crippen molar-refractivity contribution in [2.75, 3.05) is 30.5 Å². The first-order valence-electron chi connectivity index (χ1n) is 8.50. The van der Waals surface area contributed by atoms with Crippen LogP contribution < -0.4 is 10.6 Å². The molecule has 1 aromatic carbocycles. The molecule has 0 aliphatic rings. The van der Waals surface area contributed by atoms with Crippen LogP contribution >= 0.6 is 0 Å². The normalized spacial score (nSPS) is 12.9. The Balaban J connectivity index is 2.15. The maximum Gasteiger partial charge on any atom is 0.417 e. The van der Waals surface area contributed by atoms with Gasteiger partial charge in [0.25, 0.3) is 0 Å². The number of rotatable bonds is 8. The Hall–Kier alpha value is -2.89. The van der Waals surface area contributed by atoms with Gasteiger partial charge < -0.3 is 15.4 Å². The van der Waals surface area contributed by atoms with Gasteiger partial charge in [0.15, 0.2) is 9.84 Å². The first-order valence-corrected chi connectivity index (χ1v) is 10.4. The van der Waals surface area contributed by atoms with Gasteiger partial charge in [-0.15, -0.1) is 0 Å². The van der Waals surface area contributed by atoms with Crippen molar-refractivity contribution in [3.63, 3.8) is 0 Å². The molecule has 0 aliphatic carbocycles. The lowest BCUT2D eigenvalue weighted by molar-refractivity contribution is -0.141. The van der Waals surface area contributed by atoms with Crippen LogP contribution in [0.5, 0.6) is 0 Å². The lowest BCUT2D eigenvalue weighted by Gasteiger charge is -2.20. The molecule has 164 valence electrons. The number of benzene rings is 1. The van der Waals surface area contributed by atoms with Gasteiger partial charge >= 0.3 is 12.1 Å². The van der Waals surface area contributed by atoms with E-state index in [-0.39, 0.29) is 24.5 Å². The summed E-state index contributed by atoms with van der Waals surface area (Å²) >= 11 is 0. The van der Waals surface area contributed by atoms with E-state index in [1.54, 1.807) is 0 Å². The van der Waals surface area contributed by atoms with E-state index in [0.29, 0.717) is 6.20 Å². The summed E-state index contributed by atoms with van der Waals surface area (Å²) in [4.78, 5) is 14.9. The third-order valence-corrected chi connectivity index (χ3v) is 5.08. The standard InChI is InChI=1S/C18H19F4N3O4S/c1-29-17(26)8-13(25-16-6-3-11(9-24-16)18(20,21)22)10-23-12-4-5-14(19)15(7-12)30(2,27)28/h3-7,9,13,23H,8,10H2,1-2H3,(H,24,25). The van der Waals surface area contributed by atoms with E-state index in [4.69, 9.17) is 0 Å². The molecule has 2 aromatic rings. The van der Waals surface area contributed by atoms with Gasteiger partial charge in [0.2, 0.25) is 0 Å². The molecule has 30 heavy (non-hydrogen) atoms. The molecule has 1 aromatic heterocycles. The highest BCUT2D eigenvalue weighted by molar-refractivity contribution is 7.90. The van der Waals surface area contributed by atoms with Crippen molar-refractivity contribution in [1.82, 2.24) is 4.98 Å². The number of pyridine rings is 1. The molecule has 0 aliphatic heterocycles. The fourth-order valence-electron chi connectivity index (χ4n) is 2.45. The molecular formula is C18H19F4N3O4S. The number of halogens is 4. The fourth-order valence-corrected chi connectivity index (χ4v) is 3.22. The van der Waals surface area contributed by atoms with E-state index in [1.165, 1.54) is 13.2 Å². The van der Waals surface area contributed by atoms with Crippen LogP contribution in [0.1, 0.15) is 12.0 Å². The van der Waals surface area contributed by atoms with Gasteiger partial charge in [0.1, 0.15) is 16.5 Å². The Morgan fingerprint density at radius 2 is 1.93 bits per heavy atom. The van der Waals surface area contributed by atoms with Crippen LogP contribution in [0, 0.1) is 5.82 Å². The van der Waals surface area contributed by atoms with Crippen LogP contribution in [-0.2, 0) is 25.5 Å². The molecule has 2 rings (SSSR count). The molecule has 0 spiro atoms. The lowest BCUT2D eigenvalue weighted by Crippen LogP contribution is -2.31. The van der Waals surface area contributed by atoms with Crippen molar-refractivity contribution >= 4 is 27.3 Å². The molecule has 1 atom stereocenters. The number of ether oxygens (including phenoxy) is 1. The third kappa shape index (κ3) is 6.58. The number of anilines is 2. The lowest BCUT2D eigenvalue weighted by atomic mass is 10.2. The van der Waals surface area contributed by atoms with Gasteiger partial charge in [-0.2, -0.15) is 13.2 Å². The fraction of sp³-hybridized carbons (Fsp3) is 0.333. The Kier molecular flexibility index (Phi) is 7.24. The molecule has 0 radical (unpaired) electrons. The number of carbonyl (C=O) groups excluding carboxylic acids is 1. The minimum atomic E-state index is -4.53. The summed E-state index contributed by atoms with van der Waals surface area (Å²) in [6.45, 7) is 0.0344. The molecule has 0 fully saturated rings. The van der Waals surface area contributed by atoms with Crippen LogP contribution in [0.25, 0.3) is 0 Å². The largest absolute Gasteiger partial charge is 0.469 e. The van der Waals surface area contributed by atoms with Crippen molar-refractivity contribution in [3.8, 4) is 0 Å². The number of aromatic nitrogens is 1. The van der Waals surface area contributed by atoms with Crippen molar-refractivity contribution in [2.45, 2.75) is 23.5 Å².